The number of benzene rings is 1. The summed E-state index contributed by atoms with van der Waals surface area (Å²) in [7, 11) is 1.66. The van der Waals surface area contributed by atoms with Crippen LogP contribution in [-0.4, -0.2) is 59.0 Å². The van der Waals surface area contributed by atoms with Crippen molar-refractivity contribution < 1.29 is 14.3 Å². The standard InChI is InChI=1S/C27H33N5O3/c1-35-22-7-5-18(6-8-22)12-19-13-25(32(17-19)27(34)24-4-2-3-10-29-24)26(33)30-16-21-14-20-15-28-11-9-23(20)31-21/h5-9,11,14-15,19,24-25,29,31H,2-4,10,12-13,16-17H2,1H3,(H,30,33)/t19-,24-,25+/m1/s1. The first-order chi connectivity index (χ1) is 17.1. The zero-order valence-corrected chi connectivity index (χ0v) is 20.1. The molecule has 2 saturated heterocycles. The molecule has 3 aromatic rings. The van der Waals surface area contributed by atoms with Gasteiger partial charge in [-0.15, -0.1) is 0 Å². The van der Waals surface area contributed by atoms with Crippen LogP contribution in [0.1, 0.15) is 36.9 Å². The van der Waals surface area contributed by atoms with E-state index in [0.29, 0.717) is 19.5 Å². The quantitative estimate of drug-likeness (QED) is 0.488. The first-order valence-corrected chi connectivity index (χ1v) is 12.5. The van der Waals surface area contributed by atoms with Gasteiger partial charge in [0.25, 0.3) is 0 Å². The lowest BCUT2D eigenvalue weighted by atomic mass is 9.96. The maximum absolute atomic E-state index is 13.4. The van der Waals surface area contributed by atoms with E-state index < -0.39 is 6.04 Å². The number of methoxy groups -OCH3 is 1. The van der Waals surface area contributed by atoms with E-state index in [1.165, 1.54) is 5.56 Å². The van der Waals surface area contributed by atoms with Gasteiger partial charge in [0.1, 0.15) is 11.8 Å². The number of carbonyl (C=O) groups excluding carboxylic acids is 2. The predicted octanol–water partition coefficient (Wildman–Crippen LogP) is 2.79. The molecule has 2 aliphatic rings. The Balaban J connectivity index is 1.28. The summed E-state index contributed by atoms with van der Waals surface area (Å²) >= 11 is 0. The second kappa shape index (κ2) is 10.5. The van der Waals surface area contributed by atoms with Crippen LogP contribution in [0.25, 0.3) is 10.9 Å². The van der Waals surface area contributed by atoms with Crippen LogP contribution in [-0.2, 0) is 22.6 Å². The molecule has 2 fully saturated rings. The smallest absolute Gasteiger partial charge is 0.243 e. The van der Waals surface area contributed by atoms with E-state index in [2.05, 4.69) is 32.7 Å². The van der Waals surface area contributed by atoms with Crippen molar-refractivity contribution >= 4 is 22.7 Å². The van der Waals surface area contributed by atoms with E-state index in [4.69, 9.17) is 4.74 Å². The number of carbonyl (C=O) groups is 2. The molecule has 4 heterocycles. The fourth-order valence-electron chi connectivity index (χ4n) is 5.35. The Hall–Kier alpha value is -3.39. The number of hydrogen-bond acceptors (Lipinski definition) is 5. The summed E-state index contributed by atoms with van der Waals surface area (Å²) in [5, 5.41) is 7.44. The number of rotatable bonds is 7. The summed E-state index contributed by atoms with van der Waals surface area (Å²) in [4.78, 5) is 36.1. The van der Waals surface area contributed by atoms with Crippen LogP contribution in [0.15, 0.2) is 48.8 Å². The van der Waals surface area contributed by atoms with Crippen LogP contribution in [0.4, 0.5) is 0 Å². The molecular formula is C27H33N5O3. The molecule has 0 radical (unpaired) electrons. The molecule has 8 heteroatoms. The molecule has 5 rings (SSSR count). The minimum atomic E-state index is -0.458. The molecule has 0 saturated carbocycles. The largest absolute Gasteiger partial charge is 0.497 e. The molecule has 2 amide bonds. The van der Waals surface area contributed by atoms with E-state index in [9.17, 15) is 9.59 Å². The molecule has 2 aromatic heterocycles. The highest BCUT2D eigenvalue weighted by molar-refractivity contribution is 5.90. The first-order valence-electron chi connectivity index (χ1n) is 12.5. The zero-order chi connectivity index (χ0) is 24.2. The maximum atomic E-state index is 13.4. The molecular weight excluding hydrogens is 442 g/mol. The third-order valence-electron chi connectivity index (χ3n) is 7.20. The Morgan fingerprint density at radius 3 is 2.80 bits per heavy atom. The molecule has 0 bridgehead atoms. The fraction of sp³-hybridized carbons (Fsp3) is 0.444. The minimum absolute atomic E-state index is 0.0544. The second-order valence-corrected chi connectivity index (χ2v) is 9.64. The van der Waals surface area contributed by atoms with E-state index in [-0.39, 0.29) is 23.8 Å². The summed E-state index contributed by atoms with van der Waals surface area (Å²) in [6.45, 7) is 1.84. The highest BCUT2D eigenvalue weighted by Gasteiger charge is 2.41. The average Bonchev–Trinajstić information content (AvgIpc) is 3.52. The number of likely N-dealkylation sites (tertiary alicyclic amines) is 1. The van der Waals surface area contributed by atoms with Gasteiger partial charge in [0.05, 0.1) is 19.7 Å². The fourth-order valence-corrected chi connectivity index (χ4v) is 5.35. The van der Waals surface area contributed by atoms with Gasteiger partial charge in [-0.2, -0.15) is 0 Å². The van der Waals surface area contributed by atoms with Gasteiger partial charge >= 0.3 is 0 Å². The third kappa shape index (κ3) is 5.32. The summed E-state index contributed by atoms with van der Waals surface area (Å²) in [5.41, 5.74) is 3.09. The van der Waals surface area contributed by atoms with Crippen molar-refractivity contribution in [1.82, 2.24) is 25.5 Å². The van der Waals surface area contributed by atoms with Crippen molar-refractivity contribution in [3.8, 4) is 5.75 Å². The topological polar surface area (TPSA) is 99.3 Å². The third-order valence-corrected chi connectivity index (χ3v) is 7.20. The van der Waals surface area contributed by atoms with Gasteiger partial charge in [0, 0.05) is 35.5 Å². The summed E-state index contributed by atoms with van der Waals surface area (Å²) in [6.07, 6.45) is 7.99. The number of fused-ring (bicyclic) bond motifs is 1. The number of H-pyrrole nitrogens is 1. The van der Waals surface area contributed by atoms with Crippen molar-refractivity contribution in [2.24, 2.45) is 5.92 Å². The minimum Gasteiger partial charge on any atom is -0.497 e. The van der Waals surface area contributed by atoms with Crippen molar-refractivity contribution in [2.75, 3.05) is 20.2 Å². The van der Waals surface area contributed by atoms with Gasteiger partial charge in [0.2, 0.25) is 11.8 Å². The molecule has 35 heavy (non-hydrogen) atoms. The normalized spacial score (nSPS) is 22.3. The van der Waals surface area contributed by atoms with Crippen LogP contribution in [0.2, 0.25) is 0 Å². The summed E-state index contributed by atoms with van der Waals surface area (Å²) in [5.74, 6) is 1.01. The Kier molecular flexibility index (Phi) is 6.99. The van der Waals surface area contributed by atoms with Gasteiger partial charge < -0.3 is 25.3 Å². The highest BCUT2D eigenvalue weighted by Crippen LogP contribution is 2.29. The molecule has 3 atom stereocenters. The number of aromatic nitrogens is 2. The molecule has 0 spiro atoms. The van der Waals surface area contributed by atoms with E-state index in [1.807, 2.05) is 29.2 Å². The molecule has 3 N–H and O–H groups in total. The number of nitrogens with zero attached hydrogens (tertiary/aromatic N) is 2. The van der Waals surface area contributed by atoms with E-state index in [0.717, 1.165) is 54.6 Å². The second-order valence-electron chi connectivity index (χ2n) is 9.64. The number of ether oxygens (including phenoxy) is 1. The van der Waals surface area contributed by atoms with Gasteiger partial charge in [0.15, 0.2) is 0 Å². The maximum Gasteiger partial charge on any atom is 0.243 e. The Morgan fingerprint density at radius 1 is 1.20 bits per heavy atom. The number of amides is 2. The van der Waals surface area contributed by atoms with Crippen LogP contribution >= 0.6 is 0 Å². The van der Waals surface area contributed by atoms with Crippen molar-refractivity contribution in [1.29, 1.82) is 0 Å². The van der Waals surface area contributed by atoms with Gasteiger partial charge in [-0.05, 0) is 68.0 Å². The number of nitrogens with one attached hydrogen (secondary N) is 3. The van der Waals surface area contributed by atoms with Crippen LogP contribution in [0, 0.1) is 5.92 Å². The van der Waals surface area contributed by atoms with Crippen LogP contribution in [0.3, 0.4) is 0 Å². The summed E-state index contributed by atoms with van der Waals surface area (Å²) in [6, 6.07) is 11.3. The molecule has 0 aliphatic carbocycles. The van der Waals surface area contributed by atoms with E-state index in [1.54, 1.807) is 19.5 Å². The monoisotopic (exact) mass is 475 g/mol. The van der Waals surface area contributed by atoms with Gasteiger partial charge in [-0.25, -0.2) is 0 Å². The number of hydrogen-bond donors (Lipinski definition) is 3. The Labute approximate surface area is 205 Å². The number of piperidine rings is 1. The Morgan fingerprint density at radius 2 is 2.06 bits per heavy atom. The molecule has 184 valence electrons. The van der Waals surface area contributed by atoms with Crippen LogP contribution in [0.5, 0.6) is 5.75 Å². The van der Waals surface area contributed by atoms with Gasteiger partial charge in [-0.3, -0.25) is 14.6 Å². The number of aromatic amines is 1. The SMILES string of the molecule is COc1ccc(C[C@@H]2C[C@@H](C(=O)NCc3cc4cnccc4[nH]3)N(C(=O)[C@H]3CCCCN3)C2)cc1. The summed E-state index contributed by atoms with van der Waals surface area (Å²) < 4.78 is 5.27. The molecule has 2 aliphatic heterocycles. The lowest BCUT2D eigenvalue weighted by Gasteiger charge is -2.30. The molecule has 8 nitrogen and oxygen atoms in total. The van der Waals surface area contributed by atoms with Gasteiger partial charge in [-0.1, -0.05) is 18.6 Å². The zero-order valence-electron chi connectivity index (χ0n) is 20.1. The molecule has 1 aromatic carbocycles. The van der Waals surface area contributed by atoms with Crippen LogP contribution < -0.4 is 15.4 Å². The molecule has 0 unspecified atom stereocenters. The number of pyridine rings is 1. The van der Waals surface area contributed by atoms with Crippen molar-refractivity contribution in [3.63, 3.8) is 0 Å². The lowest BCUT2D eigenvalue weighted by Crippen LogP contribution is -2.53. The first kappa shape index (κ1) is 23.4. The average molecular weight is 476 g/mol. The highest BCUT2D eigenvalue weighted by atomic mass is 16.5. The van der Waals surface area contributed by atoms with E-state index >= 15 is 0 Å². The van der Waals surface area contributed by atoms with Crippen molar-refractivity contribution in [3.05, 3.63) is 60.0 Å². The Bertz CT molecular complexity index is 1140. The van der Waals surface area contributed by atoms with Crippen molar-refractivity contribution in [2.45, 2.75) is 50.7 Å². The lowest BCUT2D eigenvalue weighted by molar-refractivity contribution is -0.140. The predicted molar refractivity (Wildman–Crippen MR) is 134 cm³/mol.